The van der Waals surface area contributed by atoms with Crippen LogP contribution in [0.5, 0.6) is 0 Å². The van der Waals surface area contributed by atoms with Crippen LogP contribution < -0.4 is 10.6 Å². The van der Waals surface area contributed by atoms with E-state index >= 15 is 0 Å². The van der Waals surface area contributed by atoms with Crippen molar-refractivity contribution in [3.05, 3.63) is 0 Å². The summed E-state index contributed by atoms with van der Waals surface area (Å²) in [5.41, 5.74) is -0.486. The molecule has 0 radical (unpaired) electrons. The van der Waals surface area contributed by atoms with E-state index < -0.39 is 21.5 Å². The fourth-order valence-corrected chi connectivity index (χ4v) is 3.56. The van der Waals surface area contributed by atoms with Gasteiger partial charge in [0.2, 0.25) is 0 Å². The molecule has 0 bridgehead atoms. The Balaban J connectivity index is 2.04. The van der Waals surface area contributed by atoms with Crippen molar-refractivity contribution in [2.45, 2.75) is 45.3 Å². The highest BCUT2D eigenvalue weighted by Gasteiger charge is 2.26. The van der Waals surface area contributed by atoms with Gasteiger partial charge in [0.15, 0.2) is 9.84 Å². The van der Waals surface area contributed by atoms with Gasteiger partial charge in [0.1, 0.15) is 5.60 Å². The Morgan fingerprint density at radius 2 is 2.00 bits per heavy atom. The van der Waals surface area contributed by atoms with Crippen LogP contribution in [0.2, 0.25) is 0 Å². The minimum absolute atomic E-state index is 0.0616. The predicted octanol–water partition coefficient (Wildman–Crippen LogP) is 0.678. The maximum absolute atomic E-state index is 11.3. The van der Waals surface area contributed by atoms with E-state index in [-0.39, 0.29) is 17.5 Å². The molecular formula is C12H24N2O4S. The molecule has 1 amide bonds. The second kappa shape index (κ2) is 6.56. The molecular weight excluding hydrogens is 268 g/mol. The minimum Gasteiger partial charge on any atom is -0.444 e. The van der Waals surface area contributed by atoms with Crippen molar-refractivity contribution in [3.8, 4) is 0 Å². The number of amides is 1. The summed E-state index contributed by atoms with van der Waals surface area (Å²) >= 11 is 0. The van der Waals surface area contributed by atoms with Crippen molar-refractivity contribution in [1.29, 1.82) is 0 Å². The molecule has 2 N–H and O–H groups in total. The van der Waals surface area contributed by atoms with Crippen molar-refractivity contribution in [2.24, 2.45) is 0 Å². The summed E-state index contributed by atoms with van der Waals surface area (Å²) in [6.45, 7) is 6.65. The zero-order valence-electron chi connectivity index (χ0n) is 11.9. The molecule has 0 aliphatic carbocycles. The van der Waals surface area contributed by atoms with Crippen LogP contribution in [-0.2, 0) is 14.6 Å². The highest BCUT2D eigenvalue weighted by atomic mass is 32.2. The molecule has 1 aliphatic rings. The van der Waals surface area contributed by atoms with Crippen LogP contribution in [0.1, 0.15) is 33.6 Å². The Morgan fingerprint density at radius 1 is 1.32 bits per heavy atom. The van der Waals surface area contributed by atoms with Crippen molar-refractivity contribution in [3.63, 3.8) is 0 Å². The highest BCUT2D eigenvalue weighted by Crippen LogP contribution is 2.10. The van der Waals surface area contributed by atoms with Gasteiger partial charge in [0, 0.05) is 12.6 Å². The van der Waals surface area contributed by atoms with Gasteiger partial charge in [-0.25, -0.2) is 13.2 Å². The number of carbonyl (C=O) groups excluding carboxylic acids is 1. The van der Waals surface area contributed by atoms with Gasteiger partial charge in [0.05, 0.1) is 11.5 Å². The third kappa shape index (κ3) is 7.37. The normalized spacial score (nSPS) is 22.2. The fourth-order valence-electron chi connectivity index (χ4n) is 1.86. The van der Waals surface area contributed by atoms with Gasteiger partial charge in [-0.2, -0.15) is 0 Å². The number of rotatable bonds is 5. The average molecular weight is 292 g/mol. The summed E-state index contributed by atoms with van der Waals surface area (Å²) in [7, 11) is -2.82. The fraction of sp³-hybridized carbons (Fsp3) is 0.917. The lowest BCUT2D eigenvalue weighted by molar-refractivity contribution is 0.0527. The lowest BCUT2D eigenvalue weighted by atomic mass is 10.2. The van der Waals surface area contributed by atoms with Gasteiger partial charge in [-0.3, -0.25) is 0 Å². The monoisotopic (exact) mass is 292 g/mol. The molecule has 1 heterocycles. The van der Waals surface area contributed by atoms with Gasteiger partial charge < -0.3 is 15.4 Å². The van der Waals surface area contributed by atoms with E-state index in [1.54, 1.807) is 0 Å². The number of alkyl carbamates (subject to hydrolysis) is 1. The largest absolute Gasteiger partial charge is 0.444 e. The van der Waals surface area contributed by atoms with Gasteiger partial charge in [0.25, 0.3) is 0 Å². The Labute approximate surface area is 115 Å². The summed E-state index contributed by atoms with van der Waals surface area (Å²) in [5, 5.41) is 5.85. The predicted molar refractivity (Wildman–Crippen MR) is 73.9 cm³/mol. The first-order valence-electron chi connectivity index (χ1n) is 6.59. The number of ether oxygens (including phenoxy) is 1. The SMILES string of the molecule is CC(C)(C)OC(=O)NCCCNC1CCS(=O)(=O)C1. The molecule has 19 heavy (non-hydrogen) atoms. The molecule has 1 fully saturated rings. The topological polar surface area (TPSA) is 84.5 Å². The van der Waals surface area contributed by atoms with Crippen molar-refractivity contribution in [1.82, 2.24) is 10.6 Å². The standard InChI is InChI=1S/C12H24N2O4S/c1-12(2,3)18-11(15)14-7-4-6-13-10-5-8-19(16,17)9-10/h10,13H,4-9H2,1-3H3,(H,14,15). The van der Waals surface area contributed by atoms with Crippen LogP contribution in [0, 0.1) is 0 Å². The third-order valence-corrected chi connectivity index (χ3v) is 4.46. The van der Waals surface area contributed by atoms with Crippen LogP contribution in [0.15, 0.2) is 0 Å². The molecule has 1 saturated heterocycles. The summed E-state index contributed by atoms with van der Waals surface area (Å²) < 4.78 is 27.6. The van der Waals surface area contributed by atoms with E-state index in [0.717, 1.165) is 6.42 Å². The molecule has 1 rings (SSSR count). The lowest BCUT2D eigenvalue weighted by Crippen LogP contribution is -2.35. The van der Waals surface area contributed by atoms with Gasteiger partial charge in [-0.05, 0) is 40.2 Å². The lowest BCUT2D eigenvalue weighted by Gasteiger charge is -2.19. The molecule has 0 aromatic heterocycles. The first-order valence-corrected chi connectivity index (χ1v) is 8.41. The summed E-state index contributed by atoms with van der Waals surface area (Å²) in [4.78, 5) is 11.3. The van der Waals surface area contributed by atoms with Crippen LogP contribution >= 0.6 is 0 Å². The maximum atomic E-state index is 11.3. The van der Waals surface area contributed by atoms with Crippen molar-refractivity contribution < 1.29 is 17.9 Å². The van der Waals surface area contributed by atoms with Crippen molar-refractivity contribution >= 4 is 15.9 Å². The van der Waals surface area contributed by atoms with E-state index in [1.165, 1.54) is 0 Å². The van der Waals surface area contributed by atoms with Crippen LogP contribution in [0.25, 0.3) is 0 Å². The van der Waals surface area contributed by atoms with E-state index in [0.29, 0.717) is 19.5 Å². The molecule has 6 nitrogen and oxygen atoms in total. The Bertz CT molecular complexity index is 400. The van der Waals surface area contributed by atoms with Crippen LogP contribution in [-0.4, -0.2) is 50.7 Å². The number of nitrogens with one attached hydrogen (secondary N) is 2. The first kappa shape index (κ1) is 16.2. The zero-order chi connectivity index (χ0) is 14.5. The first-order chi connectivity index (χ1) is 8.68. The van der Waals surface area contributed by atoms with Gasteiger partial charge in [-0.15, -0.1) is 0 Å². The Kier molecular flexibility index (Phi) is 5.61. The van der Waals surface area contributed by atoms with E-state index in [1.807, 2.05) is 20.8 Å². The number of hydrogen-bond acceptors (Lipinski definition) is 5. The van der Waals surface area contributed by atoms with Gasteiger partial charge >= 0.3 is 6.09 Å². The molecule has 0 saturated carbocycles. The maximum Gasteiger partial charge on any atom is 0.407 e. The molecule has 1 atom stereocenters. The second-order valence-corrected chi connectivity index (χ2v) is 8.07. The summed E-state index contributed by atoms with van der Waals surface area (Å²) in [5.74, 6) is 0.507. The molecule has 0 aromatic carbocycles. The smallest absolute Gasteiger partial charge is 0.407 e. The van der Waals surface area contributed by atoms with E-state index in [9.17, 15) is 13.2 Å². The quantitative estimate of drug-likeness (QED) is 0.728. The molecule has 7 heteroatoms. The number of sulfone groups is 1. The molecule has 112 valence electrons. The van der Waals surface area contributed by atoms with E-state index in [2.05, 4.69) is 10.6 Å². The van der Waals surface area contributed by atoms with Crippen molar-refractivity contribution in [2.75, 3.05) is 24.6 Å². The summed E-state index contributed by atoms with van der Waals surface area (Å²) in [6, 6.07) is 0.0616. The molecule has 1 unspecified atom stereocenters. The molecule has 1 aliphatic heterocycles. The summed E-state index contributed by atoms with van der Waals surface area (Å²) in [6.07, 6.45) is 1.01. The Hall–Kier alpha value is -0.820. The van der Waals surface area contributed by atoms with E-state index in [4.69, 9.17) is 4.74 Å². The Morgan fingerprint density at radius 3 is 2.53 bits per heavy atom. The number of hydrogen-bond donors (Lipinski definition) is 2. The van der Waals surface area contributed by atoms with Crippen LogP contribution in [0.4, 0.5) is 4.79 Å². The number of carbonyl (C=O) groups is 1. The zero-order valence-corrected chi connectivity index (χ0v) is 12.7. The highest BCUT2D eigenvalue weighted by molar-refractivity contribution is 7.91. The third-order valence-electron chi connectivity index (χ3n) is 2.69. The second-order valence-electron chi connectivity index (χ2n) is 5.84. The van der Waals surface area contributed by atoms with Crippen LogP contribution in [0.3, 0.4) is 0 Å². The minimum atomic E-state index is -2.82. The van der Waals surface area contributed by atoms with Gasteiger partial charge in [-0.1, -0.05) is 0 Å². The average Bonchev–Trinajstić information content (AvgIpc) is 2.55. The molecule has 0 spiro atoms. The molecule has 0 aromatic rings.